The van der Waals surface area contributed by atoms with E-state index in [-0.39, 0.29) is 5.82 Å². The number of anilines is 1. The summed E-state index contributed by atoms with van der Waals surface area (Å²) in [5.41, 5.74) is 2.33. The van der Waals surface area contributed by atoms with E-state index in [2.05, 4.69) is 15.3 Å². The highest BCUT2D eigenvalue weighted by Crippen LogP contribution is 2.30. The molecule has 0 aliphatic carbocycles. The lowest BCUT2D eigenvalue weighted by Crippen LogP contribution is -2.05. The Hall–Kier alpha value is -1.75. The number of nitrogens with one attached hydrogen (secondary N) is 2. The van der Waals surface area contributed by atoms with Gasteiger partial charge in [-0.05, 0) is 43.6 Å². The van der Waals surface area contributed by atoms with Gasteiger partial charge in [-0.1, -0.05) is 12.1 Å². The molecule has 1 aliphatic rings. The molecule has 0 saturated heterocycles. The Balaban J connectivity index is 2.24. The fourth-order valence-electron chi connectivity index (χ4n) is 2.41. The van der Waals surface area contributed by atoms with Gasteiger partial charge in [-0.3, -0.25) is 0 Å². The van der Waals surface area contributed by atoms with Gasteiger partial charge in [0.1, 0.15) is 11.6 Å². The molecule has 1 aromatic heterocycles. The third-order valence-corrected chi connectivity index (χ3v) is 3.52. The Morgan fingerprint density at radius 2 is 2.05 bits per heavy atom. The third-order valence-electron chi connectivity index (χ3n) is 3.32. The van der Waals surface area contributed by atoms with Crippen molar-refractivity contribution in [2.75, 3.05) is 11.9 Å². The number of hydrogen-bond acceptors (Lipinski definition) is 3. The molecule has 3 nitrogen and oxygen atoms in total. The first-order valence-electron chi connectivity index (χ1n) is 6.37. The molecule has 2 aromatic rings. The Morgan fingerprint density at radius 3 is 2.89 bits per heavy atom. The summed E-state index contributed by atoms with van der Waals surface area (Å²) >= 11 is 5.14. The van der Waals surface area contributed by atoms with Crippen LogP contribution in [-0.2, 0) is 6.42 Å². The minimum atomic E-state index is -0.245. The molecule has 0 saturated carbocycles. The minimum Gasteiger partial charge on any atom is -0.370 e. The zero-order valence-corrected chi connectivity index (χ0v) is 11.2. The van der Waals surface area contributed by atoms with Crippen LogP contribution in [0.15, 0.2) is 24.3 Å². The molecule has 5 heteroatoms. The van der Waals surface area contributed by atoms with Crippen LogP contribution < -0.4 is 5.32 Å². The lowest BCUT2D eigenvalue weighted by Gasteiger charge is -2.12. The first-order chi connectivity index (χ1) is 9.25. The predicted molar refractivity (Wildman–Crippen MR) is 76.2 cm³/mol. The van der Waals surface area contributed by atoms with Gasteiger partial charge in [0.15, 0.2) is 4.77 Å². The van der Waals surface area contributed by atoms with Crippen LogP contribution >= 0.6 is 12.2 Å². The molecule has 0 fully saturated rings. The molecule has 98 valence electrons. The van der Waals surface area contributed by atoms with Gasteiger partial charge in [-0.25, -0.2) is 9.37 Å². The fraction of sp³-hybridized carbons (Fsp3) is 0.286. The first-order valence-corrected chi connectivity index (χ1v) is 6.78. The van der Waals surface area contributed by atoms with Crippen LogP contribution in [0, 0.1) is 10.6 Å². The van der Waals surface area contributed by atoms with E-state index in [0.29, 0.717) is 10.3 Å². The summed E-state index contributed by atoms with van der Waals surface area (Å²) < 4.78 is 14.4. The first kappa shape index (κ1) is 12.3. The van der Waals surface area contributed by atoms with Crippen LogP contribution in [0.4, 0.5) is 10.2 Å². The highest BCUT2D eigenvalue weighted by atomic mass is 32.1. The van der Waals surface area contributed by atoms with Gasteiger partial charge < -0.3 is 10.3 Å². The van der Waals surface area contributed by atoms with E-state index in [0.717, 1.165) is 42.9 Å². The molecule has 0 amide bonds. The SMILES string of the molecule is Fc1ccccc1-c1[nH]c(=S)nc2c1CCCCN2. The molecule has 2 heterocycles. The second-order valence-electron chi connectivity index (χ2n) is 4.61. The van der Waals surface area contributed by atoms with Crippen LogP contribution in [0.25, 0.3) is 11.3 Å². The summed E-state index contributed by atoms with van der Waals surface area (Å²) in [6.07, 6.45) is 3.03. The number of aromatic amines is 1. The van der Waals surface area contributed by atoms with E-state index < -0.39 is 0 Å². The van der Waals surface area contributed by atoms with E-state index >= 15 is 0 Å². The number of halogens is 1. The molecule has 0 spiro atoms. The summed E-state index contributed by atoms with van der Waals surface area (Å²) in [4.78, 5) is 7.36. The smallest absolute Gasteiger partial charge is 0.199 e. The van der Waals surface area contributed by atoms with Crippen molar-refractivity contribution >= 4 is 18.0 Å². The predicted octanol–water partition coefficient (Wildman–Crippen LogP) is 3.69. The van der Waals surface area contributed by atoms with Gasteiger partial charge in [0.2, 0.25) is 0 Å². The van der Waals surface area contributed by atoms with Crippen LogP contribution in [0.1, 0.15) is 18.4 Å². The Bertz CT molecular complexity index is 666. The van der Waals surface area contributed by atoms with E-state index in [1.165, 1.54) is 6.07 Å². The van der Waals surface area contributed by atoms with Crippen molar-refractivity contribution in [3.05, 3.63) is 40.4 Å². The zero-order chi connectivity index (χ0) is 13.2. The van der Waals surface area contributed by atoms with Crippen LogP contribution in [0.5, 0.6) is 0 Å². The van der Waals surface area contributed by atoms with Gasteiger partial charge in [-0.15, -0.1) is 0 Å². The number of benzene rings is 1. The van der Waals surface area contributed by atoms with Crippen molar-refractivity contribution in [2.24, 2.45) is 0 Å². The minimum absolute atomic E-state index is 0.245. The molecular weight excluding hydrogens is 261 g/mol. The quantitative estimate of drug-likeness (QED) is 0.780. The molecule has 1 aromatic carbocycles. The van der Waals surface area contributed by atoms with Gasteiger partial charge >= 0.3 is 0 Å². The van der Waals surface area contributed by atoms with Gasteiger partial charge in [0.05, 0.1) is 5.69 Å². The molecular formula is C14H14FN3S. The van der Waals surface area contributed by atoms with Crippen LogP contribution in [-0.4, -0.2) is 16.5 Å². The highest BCUT2D eigenvalue weighted by molar-refractivity contribution is 7.71. The normalized spacial score (nSPS) is 14.4. The average Bonchev–Trinajstić information content (AvgIpc) is 2.63. The van der Waals surface area contributed by atoms with E-state index in [4.69, 9.17) is 12.2 Å². The molecule has 2 N–H and O–H groups in total. The number of rotatable bonds is 1. The Labute approximate surface area is 115 Å². The number of H-pyrrole nitrogens is 1. The van der Waals surface area contributed by atoms with Crippen molar-refractivity contribution < 1.29 is 4.39 Å². The standard InChI is InChI=1S/C14H14FN3S/c15-11-7-2-1-5-9(11)12-10-6-3-4-8-16-13(10)18-14(19)17-12/h1-2,5,7H,3-4,6,8H2,(H2,16,17,18,19). The van der Waals surface area contributed by atoms with Crippen molar-refractivity contribution in [1.29, 1.82) is 0 Å². The van der Waals surface area contributed by atoms with Gasteiger partial charge in [-0.2, -0.15) is 0 Å². The fourth-order valence-corrected chi connectivity index (χ4v) is 2.61. The van der Waals surface area contributed by atoms with E-state index in [1.54, 1.807) is 12.1 Å². The van der Waals surface area contributed by atoms with Crippen molar-refractivity contribution in [1.82, 2.24) is 9.97 Å². The summed E-state index contributed by atoms with van der Waals surface area (Å²) in [7, 11) is 0. The zero-order valence-electron chi connectivity index (χ0n) is 10.4. The summed E-state index contributed by atoms with van der Waals surface area (Å²) in [6, 6.07) is 6.74. The lowest BCUT2D eigenvalue weighted by atomic mass is 10.0. The van der Waals surface area contributed by atoms with Gasteiger partial charge in [0, 0.05) is 17.7 Å². The third kappa shape index (κ3) is 2.38. The number of fused-ring (bicyclic) bond motifs is 1. The number of aromatic nitrogens is 2. The number of hydrogen-bond donors (Lipinski definition) is 2. The molecule has 19 heavy (non-hydrogen) atoms. The summed E-state index contributed by atoms with van der Waals surface area (Å²) in [5.74, 6) is 0.547. The molecule has 3 rings (SSSR count). The van der Waals surface area contributed by atoms with E-state index in [9.17, 15) is 4.39 Å². The average molecular weight is 275 g/mol. The van der Waals surface area contributed by atoms with Crippen molar-refractivity contribution in [3.63, 3.8) is 0 Å². The monoisotopic (exact) mass is 275 g/mol. The molecule has 0 unspecified atom stereocenters. The molecule has 0 radical (unpaired) electrons. The molecule has 0 bridgehead atoms. The lowest BCUT2D eigenvalue weighted by molar-refractivity contribution is 0.630. The Kier molecular flexibility index (Phi) is 3.29. The van der Waals surface area contributed by atoms with Gasteiger partial charge in [0.25, 0.3) is 0 Å². The topological polar surface area (TPSA) is 40.7 Å². The highest BCUT2D eigenvalue weighted by Gasteiger charge is 2.17. The van der Waals surface area contributed by atoms with Crippen LogP contribution in [0.2, 0.25) is 0 Å². The van der Waals surface area contributed by atoms with E-state index in [1.807, 2.05) is 6.07 Å². The maximum Gasteiger partial charge on any atom is 0.199 e. The second-order valence-corrected chi connectivity index (χ2v) is 4.99. The maximum absolute atomic E-state index is 14.0. The van der Waals surface area contributed by atoms with Crippen LogP contribution in [0.3, 0.4) is 0 Å². The van der Waals surface area contributed by atoms with Crippen molar-refractivity contribution in [3.8, 4) is 11.3 Å². The molecule has 1 aliphatic heterocycles. The summed E-state index contributed by atoms with van der Waals surface area (Å²) in [6.45, 7) is 0.884. The maximum atomic E-state index is 14.0. The Morgan fingerprint density at radius 1 is 1.21 bits per heavy atom. The summed E-state index contributed by atoms with van der Waals surface area (Å²) in [5, 5.41) is 3.28. The second kappa shape index (κ2) is 5.09. The largest absolute Gasteiger partial charge is 0.370 e. The number of nitrogens with zero attached hydrogens (tertiary/aromatic N) is 1. The molecule has 0 atom stereocenters. The van der Waals surface area contributed by atoms with Crippen molar-refractivity contribution in [2.45, 2.75) is 19.3 Å².